The molecule has 0 aliphatic carbocycles. The van der Waals surface area contributed by atoms with Gasteiger partial charge in [0, 0.05) is 6.92 Å². The molecule has 1 unspecified atom stereocenters. The largest absolute Gasteiger partial charge is 1.00 e. The summed E-state index contributed by atoms with van der Waals surface area (Å²) in [5.74, 6) is -0.351. The molecule has 0 aliphatic heterocycles. The number of halogens is 1. The molecule has 1 N–H and O–H groups in total. The van der Waals surface area contributed by atoms with E-state index in [9.17, 15) is 9.90 Å². The molecule has 0 bridgehead atoms. The van der Waals surface area contributed by atoms with Crippen LogP contribution in [-0.4, -0.2) is 56.0 Å². The first kappa shape index (κ1) is 15.2. The van der Waals surface area contributed by atoms with Gasteiger partial charge < -0.3 is 26.7 Å². The maximum absolute atomic E-state index is 10.4. The lowest BCUT2D eigenvalue weighted by atomic mass is 10.3. The average Bonchev–Trinajstić information content (AvgIpc) is 1.79. The van der Waals surface area contributed by atoms with Gasteiger partial charge >= 0.3 is 5.97 Å². The van der Waals surface area contributed by atoms with Crippen molar-refractivity contribution in [1.82, 2.24) is 0 Å². The topological polar surface area (TPSA) is 46.5 Å². The molecule has 0 radical (unpaired) electrons. The highest BCUT2D eigenvalue weighted by molar-refractivity contribution is 5.65. The third kappa shape index (κ3) is 11.7. The van der Waals surface area contributed by atoms with Gasteiger partial charge in [0.2, 0.25) is 0 Å². The summed E-state index contributed by atoms with van der Waals surface area (Å²) >= 11 is 0. The van der Waals surface area contributed by atoms with E-state index in [1.807, 2.05) is 21.1 Å². The molecule has 0 aromatic carbocycles. The van der Waals surface area contributed by atoms with Crippen molar-refractivity contribution in [3.63, 3.8) is 0 Å². The maximum Gasteiger partial charge on any atom is 0.302 e. The van der Waals surface area contributed by atoms with E-state index in [1.165, 1.54) is 6.92 Å². The van der Waals surface area contributed by atoms with Crippen molar-refractivity contribution in [1.29, 1.82) is 0 Å². The Bertz CT molecular complexity index is 156. The second-order valence-electron chi connectivity index (χ2n) is 3.93. The fraction of sp³-hybridized carbons (Fsp3) is 0.875. The standard InChI is InChI=1S/C8H18NO3.ClH/c1-7(10)12-6-8(11)5-9(2,3)4;/h8,11H,5-6H2,1-4H3;1H/q+1;/p-1. The highest BCUT2D eigenvalue weighted by Gasteiger charge is 2.15. The molecule has 0 spiro atoms. The summed E-state index contributed by atoms with van der Waals surface area (Å²) in [4.78, 5) is 10.4. The number of hydrogen-bond acceptors (Lipinski definition) is 3. The van der Waals surface area contributed by atoms with Crippen LogP contribution in [0.2, 0.25) is 0 Å². The summed E-state index contributed by atoms with van der Waals surface area (Å²) in [6.07, 6.45) is -0.575. The first-order chi connectivity index (χ1) is 5.31. The van der Waals surface area contributed by atoms with Crippen molar-refractivity contribution in [2.75, 3.05) is 34.3 Å². The minimum absolute atomic E-state index is 0. The Balaban J connectivity index is 0. The van der Waals surface area contributed by atoms with E-state index < -0.39 is 6.10 Å². The highest BCUT2D eigenvalue weighted by atomic mass is 35.5. The Hall–Kier alpha value is -0.320. The van der Waals surface area contributed by atoms with Crippen molar-refractivity contribution in [3.8, 4) is 0 Å². The number of likely N-dealkylation sites (N-methyl/N-ethyl adjacent to an activating group) is 1. The highest BCUT2D eigenvalue weighted by Crippen LogP contribution is 1.95. The lowest BCUT2D eigenvalue weighted by molar-refractivity contribution is -0.873. The zero-order valence-electron chi connectivity index (χ0n) is 8.58. The lowest BCUT2D eigenvalue weighted by Gasteiger charge is -2.26. The Morgan fingerprint density at radius 3 is 2.23 bits per heavy atom. The third-order valence-corrected chi connectivity index (χ3v) is 1.24. The minimum Gasteiger partial charge on any atom is -1.00 e. The normalized spacial score (nSPS) is 13.0. The Kier molecular flexibility index (Phi) is 7.21. The molecule has 1 atom stereocenters. The van der Waals surface area contributed by atoms with Gasteiger partial charge in [-0.25, -0.2) is 0 Å². The van der Waals surface area contributed by atoms with Crippen LogP contribution in [0.15, 0.2) is 0 Å². The summed E-state index contributed by atoms with van der Waals surface area (Å²) in [7, 11) is 5.91. The molecule has 0 fully saturated rings. The molecule has 0 saturated carbocycles. The molecule has 0 rings (SSSR count). The average molecular weight is 212 g/mol. The summed E-state index contributed by atoms with van der Waals surface area (Å²) in [6, 6.07) is 0. The zero-order valence-corrected chi connectivity index (χ0v) is 9.34. The zero-order chi connectivity index (χ0) is 9.78. The number of aliphatic hydroxyl groups is 1. The molecule has 0 aliphatic rings. The van der Waals surface area contributed by atoms with Crippen molar-refractivity contribution in [2.45, 2.75) is 13.0 Å². The van der Waals surface area contributed by atoms with E-state index in [-0.39, 0.29) is 25.0 Å². The van der Waals surface area contributed by atoms with Crippen LogP contribution in [0.1, 0.15) is 6.92 Å². The van der Waals surface area contributed by atoms with Crippen LogP contribution in [0.3, 0.4) is 0 Å². The lowest BCUT2D eigenvalue weighted by Crippen LogP contribution is -3.00. The monoisotopic (exact) mass is 211 g/mol. The quantitative estimate of drug-likeness (QED) is 0.390. The van der Waals surface area contributed by atoms with Gasteiger partial charge in [-0.15, -0.1) is 0 Å². The molecular formula is C8H18ClNO3. The minimum atomic E-state index is -0.575. The molecule has 80 valence electrons. The van der Waals surface area contributed by atoms with Crippen LogP contribution in [0, 0.1) is 0 Å². The van der Waals surface area contributed by atoms with Crippen molar-refractivity contribution < 1.29 is 31.5 Å². The first-order valence-corrected chi connectivity index (χ1v) is 3.93. The van der Waals surface area contributed by atoms with Gasteiger partial charge in [0.05, 0.1) is 21.1 Å². The van der Waals surface area contributed by atoms with E-state index >= 15 is 0 Å². The smallest absolute Gasteiger partial charge is 0.302 e. The molecular weight excluding hydrogens is 194 g/mol. The Morgan fingerprint density at radius 1 is 1.46 bits per heavy atom. The van der Waals surface area contributed by atoms with Gasteiger partial charge in [-0.1, -0.05) is 0 Å². The molecule has 0 heterocycles. The maximum atomic E-state index is 10.4. The van der Waals surface area contributed by atoms with E-state index in [4.69, 9.17) is 0 Å². The summed E-state index contributed by atoms with van der Waals surface area (Å²) < 4.78 is 5.31. The molecule has 0 amide bonds. The number of hydrogen-bond donors (Lipinski definition) is 1. The van der Waals surface area contributed by atoms with E-state index in [0.29, 0.717) is 11.0 Å². The number of esters is 1. The number of carbonyl (C=O) groups is 1. The van der Waals surface area contributed by atoms with Crippen molar-refractivity contribution in [2.24, 2.45) is 0 Å². The molecule has 5 heteroatoms. The number of aliphatic hydroxyl groups excluding tert-OH is 1. The number of carbonyl (C=O) groups excluding carboxylic acids is 1. The number of rotatable bonds is 4. The Morgan fingerprint density at radius 2 is 1.92 bits per heavy atom. The van der Waals surface area contributed by atoms with Crippen LogP contribution in [0.4, 0.5) is 0 Å². The second kappa shape index (κ2) is 6.18. The SMILES string of the molecule is CC(=O)OCC(O)C[N+](C)(C)C.[Cl-]. The number of nitrogens with zero attached hydrogens (tertiary/aromatic N) is 1. The van der Waals surface area contributed by atoms with Gasteiger partial charge in [0.25, 0.3) is 0 Å². The summed E-state index contributed by atoms with van der Waals surface area (Å²) in [6.45, 7) is 2.00. The predicted molar refractivity (Wildman–Crippen MR) is 45.5 cm³/mol. The number of ether oxygens (including phenoxy) is 1. The fourth-order valence-corrected chi connectivity index (χ4v) is 0.898. The molecule has 0 saturated heterocycles. The van der Waals surface area contributed by atoms with Gasteiger partial charge in [-0.05, 0) is 0 Å². The van der Waals surface area contributed by atoms with Gasteiger partial charge in [0.15, 0.2) is 0 Å². The van der Waals surface area contributed by atoms with Crippen molar-refractivity contribution >= 4 is 5.97 Å². The molecule has 0 aromatic heterocycles. The van der Waals surface area contributed by atoms with E-state index in [1.54, 1.807) is 0 Å². The molecule has 4 nitrogen and oxygen atoms in total. The van der Waals surface area contributed by atoms with Gasteiger partial charge in [0.1, 0.15) is 19.3 Å². The Labute approximate surface area is 85.5 Å². The van der Waals surface area contributed by atoms with Gasteiger partial charge in [-0.3, -0.25) is 4.79 Å². The molecule has 0 aromatic rings. The van der Waals surface area contributed by atoms with E-state index in [2.05, 4.69) is 4.74 Å². The summed E-state index contributed by atoms with van der Waals surface area (Å²) in [5.41, 5.74) is 0. The van der Waals surface area contributed by atoms with Crippen LogP contribution in [-0.2, 0) is 9.53 Å². The van der Waals surface area contributed by atoms with Crippen LogP contribution >= 0.6 is 0 Å². The van der Waals surface area contributed by atoms with Crippen LogP contribution in [0.5, 0.6) is 0 Å². The predicted octanol–water partition coefficient (Wildman–Crippen LogP) is -3.38. The fourth-order valence-electron chi connectivity index (χ4n) is 0.898. The van der Waals surface area contributed by atoms with E-state index in [0.717, 1.165) is 0 Å². The van der Waals surface area contributed by atoms with Gasteiger partial charge in [-0.2, -0.15) is 0 Å². The van der Waals surface area contributed by atoms with Crippen LogP contribution in [0.25, 0.3) is 0 Å². The van der Waals surface area contributed by atoms with Crippen LogP contribution < -0.4 is 12.4 Å². The second-order valence-corrected chi connectivity index (χ2v) is 3.93. The third-order valence-electron chi connectivity index (χ3n) is 1.24. The molecule has 13 heavy (non-hydrogen) atoms. The summed E-state index contributed by atoms with van der Waals surface area (Å²) in [5, 5.41) is 9.34. The number of quaternary nitrogens is 1. The van der Waals surface area contributed by atoms with Crippen molar-refractivity contribution in [3.05, 3.63) is 0 Å². The first-order valence-electron chi connectivity index (χ1n) is 3.93.